The lowest BCUT2D eigenvalue weighted by molar-refractivity contribution is 0.0998. The Bertz CT molecular complexity index is 227. The summed E-state index contributed by atoms with van der Waals surface area (Å²) in [5, 5.41) is 0. The third-order valence-electron chi connectivity index (χ3n) is 4.95. The van der Waals surface area contributed by atoms with Crippen LogP contribution >= 0.6 is 0 Å². The average molecular weight is 268 g/mol. The van der Waals surface area contributed by atoms with Gasteiger partial charge < -0.3 is 10.6 Å². The second-order valence-corrected chi connectivity index (χ2v) is 7.18. The van der Waals surface area contributed by atoms with E-state index in [1.54, 1.807) is 0 Å². The Morgan fingerprint density at radius 3 is 2.37 bits per heavy atom. The van der Waals surface area contributed by atoms with Crippen LogP contribution < -0.4 is 5.73 Å². The molecule has 2 N–H and O–H groups in total. The molecule has 1 saturated carbocycles. The van der Waals surface area contributed by atoms with Gasteiger partial charge in [-0.3, -0.25) is 0 Å². The van der Waals surface area contributed by atoms with Gasteiger partial charge in [0.05, 0.1) is 0 Å². The van der Waals surface area contributed by atoms with Crippen molar-refractivity contribution in [3.05, 3.63) is 0 Å². The zero-order valence-corrected chi connectivity index (χ0v) is 13.9. The van der Waals surface area contributed by atoms with E-state index in [0.717, 1.165) is 11.8 Å². The quantitative estimate of drug-likeness (QED) is 0.710. The first-order valence-electron chi connectivity index (χ1n) is 8.45. The first kappa shape index (κ1) is 17.0. The number of nitrogens with zero attached hydrogens (tertiary/aromatic N) is 1. The smallest absolute Gasteiger partial charge is 0.00844 e. The number of rotatable bonds is 7. The maximum atomic E-state index is 6.44. The summed E-state index contributed by atoms with van der Waals surface area (Å²) in [5.74, 6) is 2.29. The standard InChI is InChI=1S/C17H36N2/c1-6-7-8-9-19(13(2)3)12-16-15(5)10-14(4)11-17(16)18/h13-17H,6-12,18H2,1-5H3. The van der Waals surface area contributed by atoms with E-state index in [4.69, 9.17) is 5.73 Å². The monoisotopic (exact) mass is 268 g/mol. The molecule has 0 saturated heterocycles. The highest BCUT2D eigenvalue weighted by Crippen LogP contribution is 2.33. The summed E-state index contributed by atoms with van der Waals surface area (Å²) in [5.41, 5.74) is 6.44. The van der Waals surface area contributed by atoms with Gasteiger partial charge in [-0.2, -0.15) is 0 Å². The zero-order chi connectivity index (χ0) is 14.4. The maximum absolute atomic E-state index is 6.44. The molecule has 0 bridgehead atoms. The highest BCUT2D eigenvalue weighted by Gasteiger charge is 2.33. The molecule has 19 heavy (non-hydrogen) atoms. The lowest BCUT2D eigenvalue weighted by atomic mass is 9.72. The summed E-state index contributed by atoms with van der Waals surface area (Å²) in [6.07, 6.45) is 6.58. The molecule has 0 aliphatic heterocycles. The number of hydrogen-bond acceptors (Lipinski definition) is 2. The Morgan fingerprint density at radius 2 is 1.84 bits per heavy atom. The van der Waals surface area contributed by atoms with Crippen molar-refractivity contribution in [3.8, 4) is 0 Å². The molecule has 0 radical (unpaired) electrons. The van der Waals surface area contributed by atoms with Crippen molar-refractivity contribution in [3.63, 3.8) is 0 Å². The third-order valence-corrected chi connectivity index (χ3v) is 4.95. The Labute approximate surface area is 121 Å². The van der Waals surface area contributed by atoms with E-state index < -0.39 is 0 Å². The van der Waals surface area contributed by atoms with Gasteiger partial charge in [0, 0.05) is 18.6 Å². The van der Waals surface area contributed by atoms with Gasteiger partial charge in [0.25, 0.3) is 0 Å². The summed E-state index contributed by atoms with van der Waals surface area (Å²) >= 11 is 0. The fraction of sp³-hybridized carbons (Fsp3) is 1.00. The minimum atomic E-state index is 0.408. The van der Waals surface area contributed by atoms with Crippen LogP contribution in [0.5, 0.6) is 0 Å². The molecule has 0 heterocycles. The molecule has 0 aromatic carbocycles. The topological polar surface area (TPSA) is 29.3 Å². The highest BCUT2D eigenvalue weighted by atomic mass is 15.1. The van der Waals surface area contributed by atoms with E-state index >= 15 is 0 Å². The van der Waals surface area contributed by atoms with Crippen LogP contribution in [0.4, 0.5) is 0 Å². The molecule has 1 aliphatic rings. The first-order valence-corrected chi connectivity index (χ1v) is 8.45. The van der Waals surface area contributed by atoms with Crippen LogP contribution in [0.25, 0.3) is 0 Å². The SMILES string of the molecule is CCCCCN(CC1C(C)CC(C)CC1N)C(C)C. The van der Waals surface area contributed by atoms with E-state index in [1.807, 2.05) is 0 Å². The molecule has 4 atom stereocenters. The van der Waals surface area contributed by atoms with E-state index in [-0.39, 0.29) is 0 Å². The van der Waals surface area contributed by atoms with Gasteiger partial charge >= 0.3 is 0 Å². The minimum absolute atomic E-state index is 0.408. The second-order valence-electron chi connectivity index (χ2n) is 7.18. The van der Waals surface area contributed by atoms with Crippen LogP contribution in [-0.2, 0) is 0 Å². The predicted molar refractivity (Wildman–Crippen MR) is 85.3 cm³/mol. The summed E-state index contributed by atoms with van der Waals surface area (Å²) in [6, 6.07) is 1.06. The maximum Gasteiger partial charge on any atom is 0.00844 e. The van der Waals surface area contributed by atoms with Crippen LogP contribution in [-0.4, -0.2) is 30.1 Å². The van der Waals surface area contributed by atoms with Crippen LogP contribution in [0.2, 0.25) is 0 Å². The molecular weight excluding hydrogens is 232 g/mol. The van der Waals surface area contributed by atoms with Crippen molar-refractivity contribution in [2.75, 3.05) is 13.1 Å². The van der Waals surface area contributed by atoms with Gasteiger partial charge in [0.2, 0.25) is 0 Å². The average Bonchev–Trinajstić information content (AvgIpc) is 2.30. The highest BCUT2D eigenvalue weighted by molar-refractivity contribution is 4.87. The third kappa shape index (κ3) is 5.43. The number of nitrogens with two attached hydrogens (primary N) is 1. The van der Waals surface area contributed by atoms with Crippen LogP contribution in [0, 0.1) is 17.8 Å². The van der Waals surface area contributed by atoms with Gasteiger partial charge in [-0.05, 0) is 57.4 Å². The fourth-order valence-electron chi connectivity index (χ4n) is 3.68. The van der Waals surface area contributed by atoms with Gasteiger partial charge in [0.15, 0.2) is 0 Å². The molecule has 1 aliphatic carbocycles. The molecule has 0 spiro atoms. The molecule has 114 valence electrons. The van der Waals surface area contributed by atoms with Gasteiger partial charge in [-0.25, -0.2) is 0 Å². The first-order chi connectivity index (χ1) is 8.95. The van der Waals surface area contributed by atoms with Crippen LogP contribution in [0.1, 0.15) is 66.7 Å². The number of unbranched alkanes of at least 4 members (excludes halogenated alkanes) is 2. The Hall–Kier alpha value is -0.0800. The Balaban J connectivity index is 2.52. The van der Waals surface area contributed by atoms with Gasteiger partial charge in [-0.15, -0.1) is 0 Å². The summed E-state index contributed by atoms with van der Waals surface area (Å²) in [6.45, 7) is 14.1. The number of hydrogen-bond donors (Lipinski definition) is 1. The lowest BCUT2D eigenvalue weighted by Crippen LogP contribution is -2.48. The molecule has 1 rings (SSSR count). The summed E-state index contributed by atoms with van der Waals surface area (Å²) < 4.78 is 0. The zero-order valence-electron chi connectivity index (χ0n) is 13.9. The molecule has 0 amide bonds. The van der Waals surface area contributed by atoms with E-state index in [1.165, 1.54) is 45.2 Å². The molecule has 0 aromatic heterocycles. The van der Waals surface area contributed by atoms with Crippen molar-refractivity contribution >= 4 is 0 Å². The summed E-state index contributed by atoms with van der Waals surface area (Å²) in [7, 11) is 0. The Morgan fingerprint density at radius 1 is 1.16 bits per heavy atom. The molecule has 1 fully saturated rings. The Kier molecular flexibility index (Phi) is 7.38. The summed E-state index contributed by atoms with van der Waals surface area (Å²) in [4.78, 5) is 2.66. The van der Waals surface area contributed by atoms with E-state index in [2.05, 4.69) is 39.5 Å². The van der Waals surface area contributed by atoms with Crippen molar-refractivity contribution in [1.29, 1.82) is 0 Å². The van der Waals surface area contributed by atoms with Crippen LogP contribution in [0.3, 0.4) is 0 Å². The predicted octanol–water partition coefficient (Wildman–Crippen LogP) is 3.90. The molecule has 2 nitrogen and oxygen atoms in total. The van der Waals surface area contributed by atoms with Crippen LogP contribution in [0.15, 0.2) is 0 Å². The van der Waals surface area contributed by atoms with E-state index in [9.17, 15) is 0 Å². The molecule has 4 unspecified atom stereocenters. The minimum Gasteiger partial charge on any atom is -0.327 e. The van der Waals surface area contributed by atoms with Crippen molar-refractivity contribution < 1.29 is 0 Å². The normalized spacial score (nSPS) is 32.2. The molecular formula is C17H36N2. The van der Waals surface area contributed by atoms with Gasteiger partial charge in [0.1, 0.15) is 0 Å². The molecule has 0 aromatic rings. The lowest BCUT2D eigenvalue weighted by Gasteiger charge is -2.41. The van der Waals surface area contributed by atoms with Crippen molar-refractivity contribution in [2.45, 2.75) is 78.8 Å². The van der Waals surface area contributed by atoms with Crippen molar-refractivity contribution in [1.82, 2.24) is 4.90 Å². The molecule has 2 heteroatoms. The van der Waals surface area contributed by atoms with Crippen molar-refractivity contribution in [2.24, 2.45) is 23.5 Å². The largest absolute Gasteiger partial charge is 0.327 e. The van der Waals surface area contributed by atoms with Gasteiger partial charge in [-0.1, -0.05) is 33.6 Å². The fourth-order valence-corrected chi connectivity index (χ4v) is 3.68. The van der Waals surface area contributed by atoms with E-state index in [0.29, 0.717) is 18.0 Å². The second kappa shape index (κ2) is 8.26.